The van der Waals surface area contributed by atoms with Crippen LogP contribution in [0.1, 0.15) is 28.3 Å². The third-order valence-corrected chi connectivity index (χ3v) is 3.81. The van der Waals surface area contributed by atoms with Gasteiger partial charge in [0.1, 0.15) is 0 Å². The number of hydrogen-bond acceptors (Lipinski definition) is 2. The topological polar surface area (TPSA) is 35.2 Å². The molecule has 0 fully saturated rings. The van der Waals surface area contributed by atoms with Gasteiger partial charge in [-0.3, -0.25) is 0 Å². The summed E-state index contributed by atoms with van der Waals surface area (Å²) in [6, 6.07) is 8.05. The first-order valence-electron chi connectivity index (χ1n) is 6.29. The first-order valence-corrected chi connectivity index (χ1v) is 6.67. The van der Waals surface area contributed by atoms with Gasteiger partial charge in [-0.2, -0.15) is 0 Å². The first-order chi connectivity index (χ1) is 9.43. The number of halogens is 2. The molecule has 20 heavy (non-hydrogen) atoms. The minimum atomic E-state index is -0.420. The van der Waals surface area contributed by atoms with Crippen LogP contribution in [-0.4, -0.2) is 7.11 Å². The number of nitrogens with two attached hydrogens (primary N) is 1. The molecule has 2 N–H and O–H groups in total. The van der Waals surface area contributed by atoms with E-state index in [4.69, 9.17) is 22.1 Å². The highest BCUT2D eigenvalue weighted by Crippen LogP contribution is 2.31. The summed E-state index contributed by atoms with van der Waals surface area (Å²) in [5, 5.41) is 0.615. The Morgan fingerprint density at radius 2 is 1.80 bits per heavy atom. The fourth-order valence-corrected chi connectivity index (χ4v) is 2.43. The summed E-state index contributed by atoms with van der Waals surface area (Å²) in [6.45, 7) is 4.00. The lowest BCUT2D eigenvalue weighted by Crippen LogP contribution is -2.13. The second-order valence-electron chi connectivity index (χ2n) is 4.83. The number of benzene rings is 2. The van der Waals surface area contributed by atoms with E-state index in [-0.39, 0.29) is 5.75 Å². The van der Waals surface area contributed by atoms with Crippen LogP contribution in [-0.2, 0) is 0 Å². The van der Waals surface area contributed by atoms with Gasteiger partial charge in [0.2, 0.25) is 0 Å². The summed E-state index contributed by atoms with van der Waals surface area (Å²) in [4.78, 5) is 0. The van der Waals surface area contributed by atoms with Gasteiger partial charge >= 0.3 is 0 Å². The lowest BCUT2D eigenvalue weighted by molar-refractivity contribution is 0.385. The number of ether oxygens (including phenoxy) is 1. The van der Waals surface area contributed by atoms with Crippen molar-refractivity contribution >= 4 is 11.6 Å². The Morgan fingerprint density at radius 3 is 2.45 bits per heavy atom. The Balaban J connectivity index is 2.46. The molecule has 1 unspecified atom stereocenters. The molecule has 2 nitrogen and oxygen atoms in total. The third kappa shape index (κ3) is 2.79. The van der Waals surface area contributed by atoms with Gasteiger partial charge in [-0.1, -0.05) is 23.7 Å². The molecular formula is C16H17ClFNO. The molecule has 2 aromatic rings. The van der Waals surface area contributed by atoms with Gasteiger partial charge in [0.15, 0.2) is 11.6 Å². The molecule has 0 spiro atoms. The Bertz CT molecular complexity index is 643. The van der Waals surface area contributed by atoms with Crippen molar-refractivity contribution in [1.29, 1.82) is 0 Å². The van der Waals surface area contributed by atoms with Crippen molar-refractivity contribution < 1.29 is 9.13 Å². The number of rotatable bonds is 3. The van der Waals surface area contributed by atoms with E-state index < -0.39 is 11.9 Å². The zero-order valence-electron chi connectivity index (χ0n) is 11.7. The van der Waals surface area contributed by atoms with Crippen LogP contribution in [0.15, 0.2) is 30.3 Å². The second-order valence-corrected chi connectivity index (χ2v) is 5.24. The second kappa shape index (κ2) is 5.81. The lowest BCUT2D eigenvalue weighted by Gasteiger charge is -2.17. The molecular weight excluding hydrogens is 277 g/mol. The Morgan fingerprint density at radius 1 is 1.15 bits per heavy atom. The van der Waals surface area contributed by atoms with Crippen molar-refractivity contribution in [3.05, 3.63) is 63.4 Å². The Kier molecular flexibility index (Phi) is 4.31. The van der Waals surface area contributed by atoms with Crippen LogP contribution in [0.2, 0.25) is 5.02 Å². The first kappa shape index (κ1) is 14.8. The lowest BCUT2D eigenvalue weighted by atomic mass is 9.96. The van der Waals surface area contributed by atoms with Gasteiger partial charge < -0.3 is 10.5 Å². The van der Waals surface area contributed by atoms with Gasteiger partial charge in [-0.25, -0.2) is 4.39 Å². The predicted molar refractivity (Wildman–Crippen MR) is 79.9 cm³/mol. The fraction of sp³-hybridized carbons (Fsp3) is 0.250. The molecule has 0 aliphatic heterocycles. The summed E-state index contributed by atoms with van der Waals surface area (Å²) in [6.07, 6.45) is 0. The van der Waals surface area contributed by atoms with E-state index in [1.165, 1.54) is 13.2 Å². The van der Waals surface area contributed by atoms with Crippen molar-refractivity contribution in [3.8, 4) is 5.75 Å². The molecule has 1 atom stereocenters. The van der Waals surface area contributed by atoms with Crippen molar-refractivity contribution in [3.63, 3.8) is 0 Å². The van der Waals surface area contributed by atoms with E-state index in [0.29, 0.717) is 5.02 Å². The number of methoxy groups -OCH3 is 1. The third-order valence-electron chi connectivity index (χ3n) is 3.48. The van der Waals surface area contributed by atoms with E-state index in [1.54, 1.807) is 12.1 Å². The van der Waals surface area contributed by atoms with E-state index in [0.717, 1.165) is 22.3 Å². The van der Waals surface area contributed by atoms with E-state index in [1.807, 2.05) is 26.0 Å². The van der Waals surface area contributed by atoms with Crippen molar-refractivity contribution in [2.24, 2.45) is 5.73 Å². The van der Waals surface area contributed by atoms with Crippen LogP contribution >= 0.6 is 11.6 Å². The molecule has 106 valence electrons. The van der Waals surface area contributed by atoms with Gasteiger partial charge in [-0.15, -0.1) is 0 Å². The normalized spacial score (nSPS) is 12.3. The Labute approximate surface area is 123 Å². The average molecular weight is 294 g/mol. The summed E-state index contributed by atoms with van der Waals surface area (Å²) in [5.74, 6) is -0.229. The summed E-state index contributed by atoms with van der Waals surface area (Å²) >= 11 is 6.27. The molecule has 0 radical (unpaired) electrons. The smallest absolute Gasteiger partial charge is 0.165 e. The molecule has 0 heterocycles. The largest absolute Gasteiger partial charge is 0.494 e. The van der Waals surface area contributed by atoms with Crippen LogP contribution in [0.5, 0.6) is 5.75 Å². The highest BCUT2D eigenvalue weighted by molar-refractivity contribution is 6.31. The Hall–Kier alpha value is -1.58. The fourth-order valence-electron chi connectivity index (χ4n) is 2.09. The maximum Gasteiger partial charge on any atom is 0.165 e. The van der Waals surface area contributed by atoms with Crippen LogP contribution in [0.4, 0.5) is 4.39 Å². The molecule has 2 aromatic carbocycles. The van der Waals surface area contributed by atoms with Gasteiger partial charge in [0.05, 0.1) is 13.2 Å². The predicted octanol–water partition coefficient (Wildman–Crippen LogP) is 4.15. The minimum absolute atomic E-state index is 0.179. The SMILES string of the molecule is COc1cc(C(N)c2cc(C)c(C)cc2Cl)ccc1F. The van der Waals surface area contributed by atoms with Crippen molar-refractivity contribution in [2.75, 3.05) is 7.11 Å². The quantitative estimate of drug-likeness (QED) is 0.922. The van der Waals surface area contributed by atoms with Crippen molar-refractivity contribution in [1.82, 2.24) is 0 Å². The van der Waals surface area contributed by atoms with Gasteiger partial charge in [0, 0.05) is 5.02 Å². The summed E-state index contributed by atoms with van der Waals surface area (Å²) in [5.41, 5.74) is 10.1. The number of aryl methyl sites for hydroxylation is 2. The summed E-state index contributed by atoms with van der Waals surface area (Å²) in [7, 11) is 1.43. The molecule has 0 amide bonds. The maximum atomic E-state index is 13.4. The maximum absolute atomic E-state index is 13.4. The van der Waals surface area contributed by atoms with Gasteiger partial charge in [0.25, 0.3) is 0 Å². The van der Waals surface area contributed by atoms with E-state index in [9.17, 15) is 4.39 Å². The zero-order valence-corrected chi connectivity index (χ0v) is 12.5. The molecule has 4 heteroatoms. The van der Waals surface area contributed by atoms with E-state index >= 15 is 0 Å². The van der Waals surface area contributed by atoms with Crippen LogP contribution in [0.3, 0.4) is 0 Å². The highest BCUT2D eigenvalue weighted by atomic mass is 35.5. The monoisotopic (exact) mass is 293 g/mol. The van der Waals surface area contributed by atoms with Gasteiger partial charge in [-0.05, 0) is 54.3 Å². The summed E-state index contributed by atoms with van der Waals surface area (Å²) < 4.78 is 18.4. The molecule has 2 rings (SSSR count). The van der Waals surface area contributed by atoms with Crippen LogP contribution in [0, 0.1) is 19.7 Å². The van der Waals surface area contributed by atoms with Crippen LogP contribution in [0.25, 0.3) is 0 Å². The molecule has 0 aromatic heterocycles. The molecule has 0 aliphatic rings. The average Bonchev–Trinajstić information content (AvgIpc) is 2.42. The van der Waals surface area contributed by atoms with E-state index in [2.05, 4.69) is 0 Å². The molecule has 0 saturated carbocycles. The molecule has 0 aliphatic carbocycles. The number of hydrogen-bond donors (Lipinski definition) is 1. The highest BCUT2D eigenvalue weighted by Gasteiger charge is 2.16. The van der Waals surface area contributed by atoms with Crippen LogP contribution < -0.4 is 10.5 Å². The standard InChI is InChI=1S/C16H17ClFNO/c1-9-6-12(13(17)7-10(9)2)16(19)11-4-5-14(18)15(8-11)20-3/h4-8,16H,19H2,1-3H3. The molecule has 0 bridgehead atoms. The molecule has 0 saturated heterocycles. The zero-order chi connectivity index (χ0) is 14.9. The van der Waals surface area contributed by atoms with Crippen molar-refractivity contribution in [2.45, 2.75) is 19.9 Å². The minimum Gasteiger partial charge on any atom is -0.494 e.